The van der Waals surface area contributed by atoms with Gasteiger partial charge in [-0.05, 0) is 42.3 Å². The number of carboxylic acids is 1. The van der Waals surface area contributed by atoms with E-state index in [1.165, 1.54) is 24.3 Å². The van der Waals surface area contributed by atoms with Crippen molar-refractivity contribution >= 4 is 5.97 Å². The van der Waals surface area contributed by atoms with Crippen molar-refractivity contribution in [1.82, 2.24) is 9.80 Å². The van der Waals surface area contributed by atoms with Gasteiger partial charge in [-0.15, -0.1) is 0 Å². The Kier molecular flexibility index (Phi) is 5.64. The molecule has 0 bridgehead atoms. The zero-order valence-electron chi connectivity index (χ0n) is 14.6. The van der Waals surface area contributed by atoms with Crippen LogP contribution >= 0.6 is 0 Å². The molecule has 1 fully saturated rings. The minimum absolute atomic E-state index is 0.0238. The van der Waals surface area contributed by atoms with Crippen molar-refractivity contribution in [3.8, 4) is 0 Å². The molecule has 26 heavy (non-hydrogen) atoms. The van der Waals surface area contributed by atoms with E-state index in [4.69, 9.17) is 5.11 Å². The Bertz CT molecular complexity index is 704. The fourth-order valence-corrected chi connectivity index (χ4v) is 3.63. The van der Waals surface area contributed by atoms with Gasteiger partial charge in [-0.25, -0.2) is 8.78 Å². The van der Waals surface area contributed by atoms with Gasteiger partial charge in [-0.2, -0.15) is 0 Å². The number of nitrogens with zero attached hydrogens (tertiary/aromatic N) is 2. The molecule has 0 aromatic heterocycles. The molecule has 1 atom stereocenters. The van der Waals surface area contributed by atoms with Crippen LogP contribution in [-0.4, -0.2) is 53.1 Å². The monoisotopic (exact) mass is 360 g/mol. The molecule has 1 unspecified atom stereocenters. The number of aliphatic carboxylic acids is 1. The van der Waals surface area contributed by atoms with Gasteiger partial charge in [0.1, 0.15) is 11.6 Å². The highest BCUT2D eigenvalue weighted by atomic mass is 19.1. The molecule has 1 aliphatic heterocycles. The first-order valence-electron chi connectivity index (χ1n) is 8.65. The van der Waals surface area contributed by atoms with E-state index in [2.05, 4.69) is 4.90 Å². The Morgan fingerprint density at radius 2 is 1.54 bits per heavy atom. The van der Waals surface area contributed by atoms with E-state index in [1.807, 2.05) is 11.8 Å². The molecule has 2 aromatic rings. The van der Waals surface area contributed by atoms with Crippen molar-refractivity contribution in [2.24, 2.45) is 0 Å². The first-order chi connectivity index (χ1) is 12.4. The number of hydrogen-bond acceptors (Lipinski definition) is 3. The largest absolute Gasteiger partial charge is 0.480 e. The second-order valence-electron chi connectivity index (χ2n) is 6.72. The molecule has 4 nitrogen and oxygen atoms in total. The molecule has 1 heterocycles. The smallest absolute Gasteiger partial charge is 0.317 e. The van der Waals surface area contributed by atoms with Crippen LogP contribution in [0.1, 0.15) is 24.1 Å². The fourth-order valence-electron chi connectivity index (χ4n) is 3.63. The SMILES string of the molecule is CC1CN(CC(=O)O)CCN1C(c1ccc(F)cc1)c1ccc(F)cc1. The lowest BCUT2D eigenvalue weighted by atomic mass is 9.94. The summed E-state index contributed by atoms with van der Waals surface area (Å²) in [5, 5.41) is 9.01. The molecular weight excluding hydrogens is 338 g/mol. The maximum absolute atomic E-state index is 13.4. The van der Waals surface area contributed by atoms with Crippen LogP contribution in [-0.2, 0) is 4.79 Å². The summed E-state index contributed by atoms with van der Waals surface area (Å²) in [5.74, 6) is -1.43. The topological polar surface area (TPSA) is 43.8 Å². The molecular formula is C20H22F2N2O2. The average molecular weight is 360 g/mol. The van der Waals surface area contributed by atoms with Gasteiger partial charge in [0.15, 0.2) is 0 Å². The number of carbonyl (C=O) groups is 1. The number of piperazine rings is 1. The molecule has 0 saturated carbocycles. The standard InChI is InChI=1S/C20H22F2N2O2/c1-14-12-23(13-19(25)26)10-11-24(14)20(15-2-6-17(21)7-3-15)16-4-8-18(22)9-5-16/h2-9,14,20H,10-13H2,1H3,(H,25,26). The van der Waals surface area contributed by atoms with Crippen molar-refractivity contribution in [1.29, 1.82) is 0 Å². The summed E-state index contributed by atoms with van der Waals surface area (Å²) in [6, 6.07) is 12.7. The molecule has 138 valence electrons. The van der Waals surface area contributed by atoms with Crippen LogP contribution in [0.2, 0.25) is 0 Å². The second-order valence-corrected chi connectivity index (χ2v) is 6.72. The summed E-state index contributed by atoms with van der Waals surface area (Å²) in [7, 11) is 0. The Morgan fingerprint density at radius 1 is 1.04 bits per heavy atom. The Labute approximate surface area is 151 Å². The molecule has 2 aromatic carbocycles. The summed E-state index contributed by atoms with van der Waals surface area (Å²) in [5.41, 5.74) is 1.85. The lowest BCUT2D eigenvalue weighted by Crippen LogP contribution is -2.54. The van der Waals surface area contributed by atoms with E-state index in [1.54, 1.807) is 24.3 Å². The number of carboxylic acid groups (broad SMARTS) is 1. The Morgan fingerprint density at radius 3 is 1.96 bits per heavy atom. The molecule has 0 aliphatic carbocycles. The Hall–Kier alpha value is -2.31. The van der Waals surface area contributed by atoms with Crippen molar-refractivity contribution in [3.63, 3.8) is 0 Å². The summed E-state index contributed by atoms with van der Waals surface area (Å²) in [6.45, 7) is 4.01. The van der Waals surface area contributed by atoms with E-state index in [0.29, 0.717) is 19.6 Å². The van der Waals surface area contributed by atoms with Gasteiger partial charge in [0, 0.05) is 25.7 Å². The van der Waals surface area contributed by atoms with Crippen LogP contribution in [0, 0.1) is 11.6 Å². The molecule has 0 amide bonds. The highest BCUT2D eigenvalue weighted by molar-refractivity contribution is 5.69. The van der Waals surface area contributed by atoms with Crippen LogP contribution < -0.4 is 0 Å². The quantitative estimate of drug-likeness (QED) is 0.890. The highest BCUT2D eigenvalue weighted by Gasteiger charge is 2.31. The zero-order chi connectivity index (χ0) is 18.7. The maximum atomic E-state index is 13.4. The summed E-state index contributed by atoms with van der Waals surface area (Å²) < 4.78 is 26.7. The van der Waals surface area contributed by atoms with E-state index in [0.717, 1.165) is 11.1 Å². The average Bonchev–Trinajstić information content (AvgIpc) is 2.59. The first kappa shape index (κ1) is 18.5. The van der Waals surface area contributed by atoms with E-state index in [9.17, 15) is 13.6 Å². The van der Waals surface area contributed by atoms with E-state index < -0.39 is 5.97 Å². The van der Waals surface area contributed by atoms with Crippen molar-refractivity contribution in [2.45, 2.75) is 19.0 Å². The molecule has 1 saturated heterocycles. The van der Waals surface area contributed by atoms with Gasteiger partial charge in [0.05, 0.1) is 12.6 Å². The van der Waals surface area contributed by atoms with Crippen LogP contribution in [0.4, 0.5) is 8.78 Å². The second kappa shape index (κ2) is 7.93. The summed E-state index contributed by atoms with van der Waals surface area (Å²) in [6.07, 6.45) is 0. The van der Waals surface area contributed by atoms with Gasteiger partial charge in [0.2, 0.25) is 0 Å². The van der Waals surface area contributed by atoms with E-state index >= 15 is 0 Å². The summed E-state index contributed by atoms with van der Waals surface area (Å²) in [4.78, 5) is 15.1. The molecule has 0 spiro atoms. The van der Waals surface area contributed by atoms with Crippen LogP contribution in [0.3, 0.4) is 0 Å². The predicted octanol–water partition coefficient (Wildman–Crippen LogP) is 3.14. The third kappa shape index (κ3) is 4.26. The number of rotatable bonds is 5. The minimum Gasteiger partial charge on any atom is -0.480 e. The number of benzene rings is 2. The van der Waals surface area contributed by atoms with Crippen LogP contribution in [0.15, 0.2) is 48.5 Å². The van der Waals surface area contributed by atoms with Gasteiger partial charge >= 0.3 is 5.97 Å². The van der Waals surface area contributed by atoms with Gasteiger partial charge in [0.25, 0.3) is 0 Å². The molecule has 0 radical (unpaired) electrons. The number of hydrogen-bond donors (Lipinski definition) is 1. The zero-order valence-corrected chi connectivity index (χ0v) is 14.6. The van der Waals surface area contributed by atoms with Crippen molar-refractivity contribution < 1.29 is 18.7 Å². The maximum Gasteiger partial charge on any atom is 0.317 e. The minimum atomic E-state index is -0.834. The molecule has 1 N–H and O–H groups in total. The highest BCUT2D eigenvalue weighted by Crippen LogP contribution is 2.32. The van der Waals surface area contributed by atoms with Crippen molar-refractivity contribution in [3.05, 3.63) is 71.3 Å². The molecule has 1 aliphatic rings. The van der Waals surface area contributed by atoms with Gasteiger partial charge in [-0.3, -0.25) is 14.6 Å². The fraction of sp³-hybridized carbons (Fsp3) is 0.350. The van der Waals surface area contributed by atoms with Gasteiger partial charge in [-0.1, -0.05) is 24.3 Å². The van der Waals surface area contributed by atoms with Gasteiger partial charge < -0.3 is 5.11 Å². The first-order valence-corrected chi connectivity index (χ1v) is 8.65. The normalized spacial score (nSPS) is 19.0. The van der Waals surface area contributed by atoms with E-state index in [-0.39, 0.29) is 30.3 Å². The molecule has 6 heteroatoms. The third-order valence-corrected chi connectivity index (χ3v) is 4.83. The van der Waals surface area contributed by atoms with Crippen LogP contribution in [0.5, 0.6) is 0 Å². The Balaban J connectivity index is 1.89. The molecule has 3 rings (SSSR count). The van der Waals surface area contributed by atoms with Crippen LogP contribution in [0.25, 0.3) is 0 Å². The lowest BCUT2D eigenvalue weighted by molar-refractivity contribution is -0.139. The number of halogens is 2. The third-order valence-electron chi connectivity index (χ3n) is 4.83. The summed E-state index contributed by atoms with van der Waals surface area (Å²) >= 11 is 0. The van der Waals surface area contributed by atoms with Crippen molar-refractivity contribution in [2.75, 3.05) is 26.2 Å². The predicted molar refractivity (Wildman–Crippen MR) is 94.9 cm³/mol. The lowest BCUT2D eigenvalue weighted by Gasteiger charge is -2.44.